The first-order valence-corrected chi connectivity index (χ1v) is 6.92. The molecule has 0 fully saturated rings. The summed E-state index contributed by atoms with van der Waals surface area (Å²) in [7, 11) is -1.84. The zero-order valence-corrected chi connectivity index (χ0v) is 11.6. The van der Waals surface area contributed by atoms with Crippen LogP contribution in [0.1, 0.15) is 27.7 Å². The average molecular weight is 257 g/mol. The highest BCUT2D eigenvalue weighted by Crippen LogP contribution is 2.09. The van der Waals surface area contributed by atoms with E-state index >= 15 is 0 Å². The van der Waals surface area contributed by atoms with Crippen LogP contribution in [0.15, 0.2) is 0 Å². The Labute approximate surface area is 98.2 Å². The molecule has 0 amide bonds. The Bertz CT molecular complexity index is 278. The van der Waals surface area contributed by atoms with Crippen LogP contribution in [-0.4, -0.2) is 37.7 Å². The van der Waals surface area contributed by atoms with Crippen molar-refractivity contribution in [3.05, 3.63) is 0 Å². The Hall–Kier alpha value is 0.160. The molecule has 15 heavy (non-hydrogen) atoms. The normalized spacial score (nSPS) is 15.3. The van der Waals surface area contributed by atoms with Gasteiger partial charge in [-0.25, -0.2) is 4.72 Å². The first kappa shape index (κ1) is 15.2. The smallest absolute Gasteiger partial charge is 0.201 e. The molecule has 0 aromatic rings. The third-order valence-corrected chi connectivity index (χ3v) is 4.66. The Morgan fingerprint density at radius 3 is 2.07 bits per heavy atom. The van der Waals surface area contributed by atoms with E-state index in [4.69, 9.17) is 11.6 Å². The van der Waals surface area contributed by atoms with Crippen molar-refractivity contribution < 1.29 is 8.42 Å². The SMILES string of the molecule is CC(C)C(Cl)CNS(=O)(=O)N(C)C(C)C. The fourth-order valence-corrected chi connectivity index (χ4v) is 2.12. The number of alkyl halides is 1. The van der Waals surface area contributed by atoms with Crippen LogP contribution in [0, 0.1) is 5.92 Å². The van der Waals surface area contributed by atoms with Gasteiger partial charge in [0.25, 0.3) is 10.2 Å². The second-order valence-electron chi connectivity index (χ2n) is 4.22. The van der Waals surface area contributed by atoms with Gasteiger partial charge in [0.15, 0.2) is 0 Å². The maximum Gasteiger partial charge on any atom is 0.279 e. The first-order chi connectivity index (χ1) is 6.68. The summed E-state index contributed by atoms with van der Waals surface area (Å²) in [6.07, 6.45) is 0. The van der Waals surface area contributed by atoms with Crippen molar-refractivity contribution in [3.8, 4) is 0 Å². The molecule has 0 bridgehead atoms. The van der Waals surface area contributed by atoms with Gasteiger partial charge in [0.2, 0.25) is 0 Å². The highest BCUT2D eigenvalue weighted by Gasteiger charge is 2.21. The number of rotatable bonds is 6. The molecule has 1 unspecified atom stereocenters. The van der Waals surface area contributed by atoms with Crippen LogP contribution in [0.25, 0.3) is 0 Å². The molecule has 0 aliphatic carbocycles. The lowest BCUT2D eigenvalue weighted by Gasteiger charge is -2.22. The van der Waals surface area contributed by atoms with Gasteiger partial charge < -0.3 is 0 Å². The van der Waals surface area contributed by atoms with E-state index in [0.29, 0.717) is 0 Å². The van der Waals surface area contributed by atoms with Crippen LogP contribution in [0.3, 0.4) is 0 Å². The largest absolute Gasteiger partial charge is 0.279 e. The minimum absolute atomic E-state index is 0.0599. The molecule has 1 atom stereocenters. The summed E-state index contributed by atoms with van der Waals surface area (Å²) in [6, 6.07) is -0.0599. The summed E-state index contributed by atoms with van der Waals surface area (Å²) >= 11 is 5.96. The van der Waals surface area contributed by atoms with E-state index < -0.39 is 10.2 Å². The molecular formula is C9H21ClN2O2S. The van der Waals surface area contributed by atoms with E-state index in [9.17, 15) is 8.42 Å². The first-order valence-electron chi connectivity index (χ1n) is 5.05. The van der Waals surface area contributed by atoms with Crippen LogP contribution in [0.4, 0.5) is 0 Å². The average Bonchev–Trinajstić information content (AvgIpc) is 2.12. The molecule has 92 valence electrons. The van der Waals surface area contributed by atoms with Gasteiger partial charge in [0.1, 0.15) is 0 Å². The van der Waals surface area contributed by atoms with Crippen molar-refractivity contribution in [2.75, 3.05) is 13.6 Å². The molecule has 6 heteroatoms. The molecule has 0 aromatic heterocycles. The van der Waals surface area contributed by atoms with Crippen molar-refractivity contribution >= 4 is 21.8 Å². The standard InChI is InChI=1S/C9H21ClN2O2S/c1-7(2)9(10)6-11-15(13,14)12(5)8(3)4/h7-9,11H,6H2,1-5H3. The van der Waals surface area contributed by atoms with E-state index in [1.165, 1.54) is 4.31 Å². The topological polar surface area (TPSA) is 49.4 Å². The van der Waals surface area contributed by atoms with Crippen LogP contribution in [-0.2, 0) is 10.2 Å². The highest BCUT2D eigenvalue weighted by atomic mass is 35.5. The van der Waals surface area contributed by atoms with Crippen LogP contribution in [0.5, 0.6) is 0 Å². The summed E-state index contributed by atoms with van der Waals surface area (Å²) in [6.45, 7) is 7.81. The maximum absolute atomic E-state index is 11.7. The van der Waals surface area contributed by atoms with Crippen molar-refractivity contribution in [3.63, 3.8) is 0 Å². The third kappa shape index (κ3) is 5.15. The lowest BCUT2D eigenvalue weighted by Crippen LogP contribution is -2.44. The van der Waals surface area contributed by atoms with Gasteiger partial charge in [-0.15, -0.1) is 11.6 Å². The molecule has 0 heterocycles. The monoisotopic (exact) mass is 256 g/mol. The molecule has 0 aliphatic rings. The van der Waals surface area contributed by atoms with E-state index in [2.05, 4.69) is 4.72 Å². The zero-order chi connectivity index (χ0) is 12.2. The Morgan fingerprint density at radius 2 is 1.73 bits per heavy atom. The predicted molar refractivity (Wildman–Crippen MR) is 64.3 cm³/mol. The van der Waals surface area contributed by atoms with Gasteiger partial charge in [0.05, 0.1) is 0 Å². The van der Waals surface area contributed by atoms with Gasteiger partial charge in [-0.05, 0) is 19.8 Å². The summed E-state index contributed by atoms with van der Waals surface area (Å²) in [5.74, 6) is 0.249. The van der Waals surface area contributed by atoms with Crippen LogP contribution < -0.4 is 4.72 Å². The molecule has 0 saturated carbocycles. The van der Waals surface area contributed by atoms with E-state index in [1.807, 2.05) is 27.7 Å². The fourth-order valence-electron chi connectivity index (χ4n) is 0.800. The second-order valence-corrected chi connectivity index (χ2v) is 6.60. The molecular weight excluding hydrogens is 236 g/mol. The van der Waals surface area contributed by atoms with Gasteiger partial charge in [-0.3, -0.25) is 0 Å². The molecule has 0 aliphatic heterocycles. The predicted octanol–water partition coefficient (Wildman–Crippen LogP) is 1.42. The number of halogens is 1. The molecule has 0 rings (SSSR count). The molecule has 0 aromatic carbocycles. The van der Waals surface area contributed by atoms with Crippen molar-refractivity contribution in [1.82, 2.24) is 9.03 Å². The summed E-state index contributed by atoms with van der Waals surface area (Å²) in [5.41, 5.74) is 0. The lowest BCUT2D eigenvalue weighted by atomic mass is 10.1. The maximum atomic E-state index is 11.7. The third-order valence-electron chi connectivity index (χ3n) is 2.29. The summed E-state index contributed by atoms with van der Waals surface area (Å²) in [5, 5.41) is -0.180. The van der Waals surface area contributed by atoms with Gasteiger partial charge in [-0.2, -0.15) is 12.7 Å². The van der Waals surface area contributed by atoms with Crippen molar-refractivity contribution in [2.45, 2.75) is 39.1 Å². The summed E-state index contributed by atoms with van der Waals surface area (Å²) < 4.78 is 27.1. The van der Waals surface area contributed by atoms with E-state index in [1.54, 1.807) is 7.05 Å². The second kappa shape index (κ2) is 6.03. The number of hydrogen-bond donors (Lipinski definition) is 1. The molecule has 1 N–H and O–H groups in total. The quantitative estimate of drug-likeness (QED) is 0.731. The zero-order valence-electron chi connectivity index (χ0n) is 9.99. The number of nitrogens with zero attached hydrogens (tertiary/aromatic N) is 1. The van der Waals surface area contributed by atoms with Crippen molar-refractivity contribution in [1.29, 1.82) is 0 Å². The van der Waals surface area contributed by atoms with E-state index in [0.717, 1.165) is 0 Å². The molecule has 0 saturated heterocycles. The molecule has 0 radical (unpaired) electrons. The lowest BCUT2D eigenvalue weighted by molar-refractivity contribution is 0.401. The molecule has 4 nitrogen and oxygen atoms in total. The van der Waals surface area contributed by atoms with Crippen LogP contribution in [0.2, 0.25) is 0 Å². The van der Waals surface area contributed by atoms with E-state index in [-0.39, 0.29) is 23.9 Å². The summed E-state index contributed by atoms with van der Waals surface area (Å²) in [4.78, 5) is 0. The van der Waals surface area contributed by atoms with Crippen LogP contribution >= 0.6 is 11.6 Å². The van der Waals surface area contributed by atoms with Gasteiger partial charge >= 0.3 is 0 Å². The highest BCUT2D eigenvalue weighted by molar-refractivity contribution is 7.87. The van der Waals surface area contributed by atoms with Crippen molar-refractivity contribution in [2.24, 2.45) is 5.92 Å². The fraction of sp³-hybridized carbons (Fsp3) is 1.00. The van der Waals surface area contributed by atoms with Gasteiger partial charge in [-0.1, -0.05) is 13.8 Å². The Morgan fingerprint density at radius 1 is 1.27 bits per heavy atom. The minimum atomic E-state index is -3.39. The number of nitrogens with one attached hydrogen (secondary N) is 1. The minimum Gasteiger partial charge on any atom is -0.201 e. The number of hydrogen-bond acceptors (Lipinski definition) is 2. The van der Waals surface area contributed by atoms with Gasteiger partial charge in [0, 0.05) is 25.0 Å². The Balaban J connectivity index is 4.29. The molecule has 0 spiro atoms. The Kier molecular flexibility index (Phi) is 6.10.